The fourth-order valence-electron chi connectivity index (χ4n) is 2.08. The molecule has 0 aromatic carbocycles. The monoisotopic (exact) mass is 289 g/mol. The molecule has 1 aromatic rings. The molecule has 1 N–H and O–H groups in total. The summed E-state index contributed by atoms with van der Waals surface area (Å²) in [5, 5.41) is 10.2. The van der Waals surface area contributed by atoms with E-state index < -0.39 is 16.0 Å². The zero-order valence-electron chi connectivity index (χ0n) is 10.00. The van der Waals surface area contributed by atoms with Gasteiger partial charge in [0.2, 0.25) is 10.0 Å². The van der Waals surface area contributed by atoms with E-state index in [1.54, 1.807) is 0 Å². The van der Waals surface area contributed by atoms with Crippen molar-refractivity contribution in [2.75, 3.05) is 13.1 Å². The molecule has 18 heavy (non-hydrogen) atoms. The molecule has 1 fully saturated rings. The van der Waals surface area contributed by atoms with Gasteiger partial charge < -0.3 is 5.11 Å². The average Bonchev–Trinajstić information content (AvgIpc) is 2.79. The van der Waals surface area contributed by atoms with Gasteiger partial charge >= 0.3 is 5.97 Å². The van der Waals surface area contributed by atoms with Crippen molar-refractivity contribution in [3.8, 4) is 0 Å². The van der Waals surface area contributed by atoms with Crippen molar-refractivity contribution in [1.29, 1.82) is 0 Å². The summed E-state index contributed by atoms with van der Waals surface area (Å²) in [5.74, 6) is -0.737. The van der Waals surface area contributed by atoms with Gasteiger partial charge in [-0.1, -0.05) is 6.92 Å². The number of hydrogen-bond donors (Lipinski definition) is 1. The third-order valence-electron chi connectivity index (χ3n) is 3.04. The Morgan fingerprint density at radius 3 is 2.83 bits per heavy atom. The van der Waals surface area contributed by atoms with E-state index in [9.17, 15) is 13.2 Å². The van der Waals surface area contributed by atoms with Gasteiger partial charge in [0.25, 0.3) is 0 Å². The number of hydrogen-bond acceptors (Lipinski definition) is 4. The summed E-state index contributed by atoms with van der Waals surface area (Å²) in [6, 6.07) is 1.24. The molecule has 2 rings (SSSR count). The lowest BCUT2D eigenvalue weighted by Gasteiger charge is -2.29. The van der Waals surface area contributed by atoms with Crippen LogP contribution in [0.1, 0.15) is 29.4 Å². The van der Waals surface area contributed by atoms with E-state index in [-0.39, 0.29) is 9.77 Å². The highest BCUT2D eigenvalue weighted by Crippen LogP contribution is 2.26. The fourth-order valence-corrected chi connectivity index (χ4v) is 4.78. The molecule has 0 bridgehead atoms. The summed E-state index contributed by atoms with van der Waals surface area (Å²) in [4.78, 5) is 10.9. The Hall–Kier alpha value is -0.920. The maximum atomic E-state index is 12.3. The summed E-state index contributed by atoms with van der Waals surface area (Å²) in [6.07, 6.45) is 1.90. The summed E-state index contributed by atoms with van der Waals surface area (Å²) in [5.41, 5.74) is 0. The van der Waals surface area contributed by atoms with Crippen LogP contribution >= 0.6 is 11.3 Å². The maximum Gasteiger partial charge on any atom is 0.345 e. The molecule has 2 heterocycles. The van der Waals surface area contributed by atoms with Gasteiger partial charge in [-0.2, -0.15) is 4.31 Å². The number of thiophene rings is 1. The van der Waals surface area contributed by atoms with Crippen LogP contribution in [0, 0.1) is 5.92 Å². The minimum atomic E-state index is -3.53. The van der Waals surface area contributed by atoms with Crippen LogP contribution in [-0.4, -0.2) is 36.9 Å². The van der Waals surface area contributed by atoms with E-state index in [4.69, 9.17) is 5.11 Å². The molecule has 0 aliphatic carbocycles. The Kier molecular flexibility index (Phi) is 3.74. The van der Waals surface area contributed by atoms with Crippen LogP contribution in [-0.2, 0) is 10.0 Å². The number of nitrogens with zero attached hydrogens (tertiary/aromatic N) is 1. The first-order valence-electron chi connectivity index (χ1n) is 5.73. The predicted octanol–water partition coefficient (Wildman–Crippen LogP) is 1.87. The first-order chi connectivity index (χ1) is 8.41. The maximum absolute atomic E-state index is 12.3. The van der Waals surface area contributed by atoms with E-state index in [1.165, 1.54) is 15.8 Å². The van der Waals surface area contributed by atoms with Crippen LogP contribution in [0.2, 0.25) is 0 Å². The van der Waals surface area contributed by atoms with Crippen molar-refractivity contribution in [1.82, 2.24) is 4.31 Å². The second-order valence-corrected chi connectivity index (χ2v) is 7.41. The molecule has 1 aliphatic heterocycles. The van der Waals surface area contributed by atoms with Gasteiger partial charge in [-0.25, -0.2) is 13.2 Å². The zero-order valence-corrected chi connectivity index (χ0v) is 11.6. The Balaban J connectivity index is 2.26. The summed E-state index contributed by atoms with van der Waals surface area (Å²) in [7, 11) is -3.53. The number of piperidine rings is 1. The number of carboxylic acids is 1. The van der Waals surface area contributed by atoms with E-state index in [1.807, 2.05) is 6.92 Å². The second-order valence-electron chi connectivity index (χ2n) is 4.56. The standard InChI is InChI=1S/C11H15NO4S2/c1-8-3-2-4-12(6-8)18(15,16)9-5-10(11(13)14)17-7-9/h5,7-8H,2-4,6H2,1H3,(H,13,14). The molecule has 0 saturated carbocycles. The van der Waals surface area contributed by atoms with Gasteiger partial charge in [0, 0.05) is 18.5 Å². The lowest BCUT2D eigenvalue weighted by Crippen LogP contribution is -2.38. The highest BCUT2D eigenvalue weighted by Gasteiger charge is 2.29. The lowest BCUT2D eigenvalue weighted by molar-refractivity contribution is 0.0702. The van der Waals surface area contributed by atoms with E-state index in [2.05, 4.69) is 0 Å². The van der Waals surface area contributed by atoms with Gasteiger partial charge in [-0.05, 0) is 24.8 Å². The van der Waals surface area contributed by atoms with Crippen molar-refractivity contribution in [2.45, 2.75) is 24.7 Å². The smallest absolute Gasteiger partial charge is 0.345 e. The van der Waals surface area contributed by atoms with Crippen LogP contribution in [0.5, 0.6) is 0 Å². The second kappa shape index (κ2) is 4.99. The topological polar surface area (TPSA) is 74.7 Å². The van der Waals surface area contributed by atoms with E-state index >= 15 is 0 Å². The molecule has 0 radical (unpaired) electrons. The van der Waals surface area contributed by atoms with Crippen LogP contribution in [0.3, 0.4) is 0 Å². The van der Waals surface area contributed by atoms with Gasteiger partial charge in [-0.15, -0.1) is 11.3 Å². The van der Waals surface area contributed by atoms with Crippen molar-refractivity contribution in [3.05, 3.63) is 16.3 Å². The quantitative estimate of drug-likeness (QED) is 0.921. The third kappa shape index (κ3) is 2.57. The molecule has 1 unspecified atom stereocenters. The normalized spacial score (nSPS) is 21.9. The highest BCUT2D eigenvalue weighted by molar-refractivity contribution is 7.89. The Labute approximate surface area is 110 Å². The van der Waals surface area contributed by atoms with Gasteiger partial charge in [0.15, 0.2) is 0 Å². The van der Waals surface area contributed by atoms with Crippen molar-refractivity contribution >= 4 is 27.3 Å². The largest absolute Gasteiger partial charge is 0.477 e. The minimum Gasteiger partial charge on any atom is -0.477 e. The first-order valence-corrected chi connectivity index (χ1v) is 8.05. The molecule has 1 saturated heterocycles. The number of carbonyl (C=O) groups is 1. The van der Waals surface area contributed by atoms with Crippen LogP contribution in [0.25, 0.3) is 0 Å². The van der Waals surface area contributed by atoms with Crippen LogP contribution in [0.4, 0.5) is 0 Å². The molecule has 1 aromatic heterocycles. The fraction of sp³-hybridized carbons (Fsp3) is 0.545. The van der Waals surface area contributed by atoms with E-state index in [0.717, 1.165) is 24.2 Å². The predicted molar refractivity (Wildman–Crippen MR) is 68.4 cm³/mol. The number of aromatic carboxylic acids is 1. The summed E-state index contributed by atoms with van der Waals surface area (Å²) < 4.78 is 26.1. The van der Waals surface area contributed by atoms with Crippen molar-refractivity contribution < 1.29 is 18.3 Å². The highest BCUT2D eigenvalue weighted by atomic mass is 32.2. The summed E-state index contributed by atoms with van der Waals surface area (Å²) in [6.45, 7) is 3.06. The number of sulfonamides is 1. The molecule has 0 spiro atoms. The first kappa shape index (κ1) is 13.5. The number of rotatable bonds is 3. The van der Waals surface area contributed by atoms with Crippen LogP contribution < -0.4 is 0 Å². The van der Waals surface area contributed by atoms with Crippen molar-refractivity contribution in [2.24, 2.45) is 5.92 Å². The molecular weight excluding hydrogens is 274 g/mol. The van der Waals surface area contributed by atoms with Gasteiger partial charge in [-0.3, -0.25) is 0 Å². The molecule has 0 amide bonds. The molecule has 1 atom stereocenters. The molecule has 1 aliphatic rings. The zero-order chi connectivity index (χ0) is 13.3. The Bertz CT molecular complexity index is 549. The molecule has 100 valence electrons. The van der Waals surface area contributed by atoms with E-state index in [0.29, 0.717) is 19.0 Å². The Morgan fingerprint density at radius 2 is 2.28 bits per heavy atom. The van der Waals surface area contributed by atoms with Gasteiger partial charge in [0.1, 0.15) is 4.88 Å². The average molecular weight is 289 g/mol. The lowest BCUT2D eigenvalue weighted by atomic mass is 10.0. The summed E-state index contributed by atoms with van der Waals surface area (Å²) >= 11 is 0.944. The number of carboxylic acid groups (broad SMARTS) is 1. The molecule has 5 nitrogen and oxygen atoms in total. The molecular formula is C11H15NO4S2. The Morgan fingerprint density at radius 1 is 1.56 bits per heavy atom. The third-order valence-corrected chi connectivity index (χ3v) is 5.95. The SMILES string of the molecule is CC1CCCN(S(=O)(=O)c2csc(C(=O)O)c2)C1. The molecule has 7 heteroatoms. The van der Waals surface area contributed by atoms with Crippen molar-refractivity contribution in [3.63, 3.8) is 0 Å². The van der Waals surface area contributed by atoms with Gasteiger partial charge in [0.05, 0.1) is 4.90 Å². The van der Waals surface area contributed by atoms with Crippen LogP contribution in [0.15, 0.2) is 16.3 Å². The minimum absolute atomic E-state index is 0.0543.